The third kappa shape index (κ3) is 4.65. The van der Waals surface area contributed by atoms with Crippen molar-refractivity contribution in [3.8, 4) is 11.8 Å². The maximum absolute atomic E-state index is 13.9. The molecule has 20 heavy (non-hydrogen) atoms. The zero-order chi connectivity index (χ0) is 15.3. The smallest absolute Gasteiger partial charge is 0.256 e. The van der Waals surface area contributed by atoms with Crippen LogP contribution in [0.2, 0.25) is 0 Å². The Kier molecular flexibility index (Phi) is 5.26. The van der Waals surface area contributed by atoms with E-state index < -0.39 is 17.3 Å². The standard InChI is InChI=1S/C15H19FN2O2/c1-15(2,20)10-18(3)14(19)12-7-6-11(5-4-8-17)9-13(12)16/h6-7,9,20H,8,10,17H2,1-3H3. The molecule has 1 rings (SSSR count). The van der Waals surface area contributed by atoms with Crippen LogP contribution in [0.4, 0.5) is 4.39 Å². The van der Waals surface area contributed by atoms with Crippen LogP contribution < -0.4 is 5.73 Å². The molecule has 0 fully saturated rings. The van der Waals surface area contributed by atoms with Gasteiger partial charge in [-0.25, -0.2) is 4.39 Å². The Morgan fingerprint density at radius 2 is 2.15 bits per heavy atom. The molecule has 0 bridgehead atoms. The van der Waals surface area contributed by atoms with Crippen molar-refractivity contribution in [3.05, 3.63) is 35.1 Å². The van der Waals surface area contributed by atoms with E-state index in [4.69, 9.17) is 5.73 Å². The van der Waals surface area contributed by atoms with E-state index in [9.17, 15) is 14.3 Å². The molecule has 0 saturated carbocycles. The van der Waals surface area contributed by atoms with E-state index in [2.05, 4.69) is 11.8 Å². The molecule has 0 spiro atoms. The summed E-state index contributed by atoms with van der Waals surface area (Å²) in [4.78, 5) is 13.4. The average molecular weight is 278 g/mol. The summed E-state index contributed by atoms with van der Waals surface area (Å²) in [6.07, 6.45) is 0. The molecule has 1 amide bonds. The van der Waals surface area contributed by atoms with Crippen molar-refractivity contribution < 1.29 is 14.3 Å². The number of likely N-dealkylation sites (N-methyl/N-ethyl adjacent to an activating group) is 1. The zero-order valence-electron chi connectivity index (χ0n) is 11.9. The molecular formula is C15H19FN2O2. The predicted molar refractivity (Wildman–Crippen MR) is 75.6 cm³/mol. The molecule has 4 nitrogen and oxygen atoms in total. The van der Waals surface area contributed by atoms with E-state index in [-0.39, 0.29) is 18.7 Å². The molecule has 3 N–H and O–H groups in total. The Bertz CT molecular complexity index is 553. The number of nitrogens with zero attached hydrogens (tertiary/aromatic N) is 1. The van der Waals surface area contributed by atoms with E-state index in [0.717, 1.165) is 0 Å². The largest absolute Gasteiger partial charge is 0.389 e. The third-order valence-corrected chi connectivity index (χ3v) is 2.51. The van der Waals surface area contributed by atoms with Gasteiger partial charge >= 0.3 is 0 Å². The lowest BCUT2D eigenvalue weighted by molar-refractivity contribution is 0.0365. The highest BCUT2D eigenvalue weighted by Crippen LogP contribution is 2.14. The van der Waals surface area contributed by atoms with Crippen LogP contribution in [0.5, 0.6) is 0 Å². The fourth-order valence-corrected chi connectivity index (χ4v) is 1.78. The second-order valence-electron chi connectivity index (χ2n) is 5.17. The first-order valence-corrected chi connectivity index (χ1v) is 6.21. The first-order chi connectivity index (χ1) is 9.24. The highest BCUT2D eigenvalue weighted by atomic mass is 19.1. The summed E-state index contributed by atoms with van der Waals surface area (Å²) in [6, 6.07) is 4.16. The minimum absolute atomic E-state index is 0.0463. The summed E-state index contributed by atoms with van der Waals surface area (Å²) in [5.74, 6) is 4.19. The Morgan fingerprint density at radius 1 is 1.50 bits per heavy atom. The Morgan fingerprint density at radius 3 is 2.65 bits per heavy atom. The molecule has 0 unspecified atom stereocenters. The van der Waals surface area contributed by atoms with Crippen molar-refractivity contribution >= 4 is 5.91 Å². The molecule has 108 valence electrons. The van der Waals surface area contributed by atoms with E-state index >= 15 is 0 Å². The lowest BCUT2D eigenvalue weighted by Crippen LogP contribution is -2.40. The van der Waals surface area contributed by atoms with E-state index in [1.807, 2.05) is 0 Å². The highest BCUT2D eigenvalue weighted by Gasteiger charge is 2.22. The summed E-state index contributed by atoms with van der Waals surface area (Å²) < 4.78 is 13.9. The molecule has 1 aromatic rings. The molecule has 0 aromatic heterocycles. The number of carbonyl (C=O) groups is 1. The van der Waals surface area contributed by atoms with Gasteiger partial charge in [-0.3, -0.25) is 4.79 Å². The van der Waals surface area contributed by atoms with Crippen molar-refractivity contribution in [2.75, 3.05) is 20.1 Å². The van der Waals surface area contributed by atoms with Crippen LogP contribution in [-0.2, 0) is 0 Å². The van der Waals surface area contributed by atoms with Crippen molar-refractivity contribution in [3.63, 3.8) is 0 Å². The first-order valence-electron chi connectivity index (χ1n) is 6.21. The molecule has 0 aliphatic rings. The predicted octanol–water partition coefficient (Wildman–Crippen LogP) is 0.979. The summed E-state index contributed by atoms with van der Waals surface area (Å²) in [5.41, 5.74) is 4.63. The number of carbonyl (C=O) groups excluding carboxylic acids is 1. The summed E-state index contributed by atoms with van der Waals surface area (Å²) in [6.45, 7) is 3.47. The quantitative estimate of drug-likeness (QED) is 0.810. The molecule has 0 radical (unpaired) electrons. The van der Waals surface area contributed by atoms with E-state index in [1.54, 1.807) is 19.9 Å². The van der Waals surface area contributed by atoms with Crippen LogP contribution in [0.25, 0.3) is 0 Å². The minimum atomic E-state index is -1.03. The summed E-state index contributed by atoms with van der Waals surface area (Å²) >= 11 is 0. The number of benzene rings is 1. The minimum Gasteiger partial charge on any atom is -0.389 e. The maximum atomic E-state index is 13.9. The van der Waals surface area contributed by atoms with Gasteiger partial charge in [-0.1, -0.05) is 11.8 Å². The fraction of sp³-hybridized carbons (Fsp3) is 0.400. The van der Waals surface area contributed by atoms with Crippen molar-refractivity contribution in [1.29, 1.82) is 0 Å². The Balaban J connectivity index is 2.94. The summed E-state index contributed by atoms with van der Waals surface area (Å²) in [5, 5.41) is 9.68. The topological polar surface area (TPSA) is 66.6 Å². The van der Waals surface area contributed by atoms with Crippen molar-refractivity contribution in [2.24, 2.45) is 5.73 Å². The Labute approximate surface area is 118 Å². The number of rotatable bonds is 3. The fourth-order valence-electron chi connectivity index (χ4n) is 1.78. The monoisotopic (exact) mass is 278 g/mol. The maximum Gasteiger partial charge on any atom is 0.256 e. The van der Waals surface area contributed by atoms with Gasteiger partial charge in [0.05, 0.1) is 17.7 Å². The molecule has 0 aliphatic heterocycles. The van der Waals surface area contributed by atoms with Crippen LogP contribution in [0.15, 0.2) is 18.2 Å². The van der Waals surface area contributed by atoms with Gasteiger partial charge in [0, 0.05) is 19.2 Å². The lowest BCUT2D eigenvalue weighted by atomic mass is 10.1. The van der Waals surface area contributed by atoms with Gasteiger partial charge in [-0.15, -0.1) is 0 Å². The first kappa shape index (κ1) is 16.2. The van der Waals surface area contributed by atoms with Crippen molar-refractivity contribution in [2.45, 2.75) is 19.4 Å². The normalized spacial score (nSPS) is 10.7. The molecule has 5 heteroatoms. The number of halogens is 1. The zero-order valence-corrected chi connectivity index (χ0v) is 11.9. The summed E-state index contributed by atoms with van der Waals surface area (Å²) in [7, 11) is 1.52. The van der Waals surface area contributed by atoms with Gasteiger partial charge in [-0.05, 0) is 32.0 Å². The molecular weight excluding hydrogens is 259 g/mol. The number of hydrogen-bond acceptors (Lipinski definition) is 3. The highest BCUT2D eigenvalue weighted by molar-refractivity contribution is 5.94. The van der Waals surface area contributed by atoms with E-state index in [0.29, 0.717) is 5.56 Å². The van der Waals surface area contributed by atoms with Crippen LogP contribution in [0.3, 0.4) is 0 Å². The second-order valence-corrected chi connectivity index (χ2v) is 5.17. The molecule has 0 aliphatic carbocycles. The van der Waals surface area contributed by atoms with Gasteiger partial charge < -0.3 is 15.7 Å². The van der Waals surface area contributed by atoms with Gasteiger partial charge in [0.25, 0.3) is 5.91 Å². The second kappa shape index (κ2) is 6.51. The number of aliphatic hydroxyl groups is 1. The molecule has 0 heterocycles. The molecule has 0 saturated heterocycles. The van der Waals surface area contributed by atoms with Gasteiger partial charge in [0.2, 0.25) is 0 Å². The lowest BCUT2D eigenvalue weighted by Gasteiger charge is -2.25. The van der Waals surface area contributed by atoms with Crippen LogP contribution in [-0.4, -0.2) is 41.7 Å². The number of amides is 1. The van der Waals surface area contributed by atoms with Crippen LogP contribution in [0.1, 0.15) is 29.8 Å². The Hall–Kier alpha value is -1.90. The van der Waals surface area contributed by atoms with E-state index in [1.165, 1.54) is 24.1 Å². The number of nitrogens with two attached hydrogens (primary N) is 1. The van der Waals surface area contributed by atoms with Gasteiger partial charge in [0.1, 0.15) is 5.82 Å². The molecule has 0 atom stereocenters. The number of hydrogen-bond donors (Lipinski definition) is 2. The van der Waals surface area contributed by atoms with Gasteiger partial charge in [0.15, 0.2) is 0 Å². The third-order valence-electron chi connectivity index (χ3n) is 2.51. The SMILES string of the molecule is CN(CC(C)(C)O)C(=O)c1ccc(C#CCN)cc1F. The average Bonchev–Trinajstić information content (AvgIpc) is 2.33. The van der Waals surface area contributed by atoms with Crippen LogP contribution in [0, 0.1) is 17.7 Å². The van der Waals surface area contributed by atoms with Gasteiger partial charge in [-0.2, -0.15) is 0 Å². The van der Waals surface area contributed by atoms with Crippen molar-refractivity contribution in [1.82, 2.24) is 4.90 Å². The van der Waals surface area contributed by atoms with Crippen LogP contribution >= 0.6 is 0 Å². The molecule has 1 aromatic carbocycles.